The van der Waals surface area contributed by atoms with Gasteiger partial charge in [-0.1, -0.05) is 17.3 Å². The van der Waals surface area contributed by atoms with E-state index in [0.717, 1.165) is 61.1 Å². The molecule has 2 N–H and O–H groups in total. The van der Waals surface area contributed by atoms with Crippen LogP contribution < -0.4 is 10.5 Å². The van der Waals surface area contributed by atoms with Gasteiger partial charge in [-0.2, -0.15) is 0 Å². The number of carbonyl (C=O) groups excluding carboxylic acids is 1. The monoisotopic (exact) mass is 435 g/mol. The number of hydrogen-bond acceptors (Lipinski definition) is 7. The van der Waals surface area contributed by atoms with Gasteiger partial charge in [0.15, 0.2) is 0 Å². The average molecular weight is 436 g/mol. The van der Waals surface area contributed by atoms with Gasteiger partial charge in [-0.05, 0) is 57.9 Å². The maximum absolute atomic E-state index is 11.4. The third-order valence-electron chi connectivity index (χ3n) is 6.03. The Bertz CT molecular complexity index is 1070. The largest absolute Gasteiger partial charge is 0.489 e. The van der Waals surface area contributed by atoms with E-state index in [2.05, 4.69) is 32.2 Å². The summed E-state index contributed by atoms with van der Waals surface area (Å²) >= 11 is 0. The summed E-state index contributed by atoms with van der Waals surface area (Å²) in [6, 6.07) is 8.22. The van der Waals surface area contributed by atoms with E-state index in [4.69, 9.17) is 15.0 Å². The van der Waals surface area contributed by atoms with Crippen molar-refractivity contribution in [1.29, 1.82) is 0 Å². The van der Waals surface area contributed by atoms with Gasteiger partial charge in [0.2, 0.25) is 0 Å². The minimum atomic E-state index is -0.488. The van der Waals surface area contributed by atoms with E-state index >= 15 is 0 Å². The van der Waals surface area contributed by atoms with E-state index in [0.29, 0.717) is 17.9 Å². The third-order valence-corrected chi connectivity index (χ3v) is 6.03. The lowest BCUT2D eigenvalue weighted by Crippen LogP contribution is -2.34. The summed E-state index contributed by atoms with van der Waals surface area (Å²) in [5.41, 5.74) is 9.50. The highest BCUT2D eigenvalue weighted by atomic mass is 16.5. The molecule has 8 nitrogen and oxygen atoms in total. The van der Waals surface area contributed by atoms with Crippen LogP contribution in [0.25, 0.3) is 0 Å². The summed E-state index contributed by atoms with van der Waals surface area (Å²) < 4.78 is 11.1. The Hall–Kier alpha value is -3.26. The molecule has 3 heterocycles. The number of rotatable bonds is 7. The van der Waals surface area contributed by atoms with Crippen LogP contribution in [0.2, 0.25) is 0 Å². The zero-order valence-electron chi connectivity index (χ0n) is 18.8. The molecule has 0 saturated carbocycles. The fourth-order valence-corrected chi connectivity index (χ4v) is 4.15. The van der Waals surface area contributed by atoms with Gasteiger partial charge in [0.1, 0.15) is 23.9 Å². The van der Waals surface area contributed by atoms with Crippen molar-refractivity contribution >= 4 is 5.91 Å². The molecule has 1 fully saturated rings. The number of aryl methyl sites for hydroxylation is 3. The third kappa shape index (κ3) is 4.96. The molecule has 0 spiro atoms. The number of hydrogen-bond donors (Lipinski definition) is 1. The van der Waals surface area contributed by atoms with E-state index in [1.54, 1.807) is 13.1 Å². The fraction of sp³-hybridized carbons (Fsp3) is 0.417. The van der Waals surface area contributed by atoms with E-state index in [1.807, 2.05) is 26.0 Å². The Balaban J connectivity index is 1.35. The van der Waals surface area contributed by atoms with Crippen LogP contribution in [0.5, 0.6) is 5.75 Å². The highest BCUT2D eigenvalue weighted by Gasteiger charge is 2.24. The van der Waals surface area contributed by atoms with Crippen molar-refractivity contribution < 1.29 is 14.1 Å². The van der Waals surface area contributed by atoms with Crippen molar-refractivity contribution in [3.63, 3.8) is 0 Å². The first-order valence-corrected chi connectivity index (χ1v) is 10.9. The van der Waals surface area contributed by atoms with Gasteiger partial charge in [0.25, 0.3) is 5.91 Å². The Labute approximate surface area is 187 Å². The molecule has 1 aromatic carbocycles. The Morgan fingerprint density at radius 3 is 2.66 bits per heavy atom. The summed E-state index contributed by atoms with van der Waals surface area (Å²) in [6.07, 6.45) is 3.68. The van der Waals surface area contributed by atoms with Crippen LogP contribution >= 0.6 is 0 Å². The van der Waals surface area contributed by atoms with E-state index in [-0.39, 0.29) is 5.92 Å². The lowest BCUT2D eigenvalue weighted by Gasteiger charge is -2.32. The van der Waals surface area contributed by atoms with Crippen LogP contribution in [0.4, 0.5) is 0 Å². The van der Waals surface area contributed by atoms with Gasteiger partial charge < -0.3 is 15.0 Å². The molecular formula is C24H29N5O3. The molecule has 8 heteroatoms. The van der Waals surface area contributed by atoms with Crippen LogP contribution in [0.1, 0.15) is 63.2 Å². The first-order valence-electron chi connectivity index (χ1n) is 10.9. The number of nitrogens with two attached hydrogens (primary N) is 1. The number of amides is 1. The van der Waals surface area contributed by atoms with Crippen molar-refractivity contribution in [2.75, 3.05) is 13.1 Å². The minimum absolute atomic E-state index is 0.252. The summed E-state index contributed by atoms with van der Waals surface area (Å²) in [5.74, 6) is 2.17. The molecule has 0 bridgehead atoms. The smallest absolute Gasteiger partial charge is 0.252 e. The van der Waals surface area contributed by atoms with Crippen LogP contribution in [0, 0.1) is 20.8 Å². The summed E-state index contributed by atoms with van der Waals surface area (Å²) in [4.78, 5) is 22.8. The average Bonchev–Trinajstić information content (AvgIpc) is 3.10. The topological polar surface area (TPSA) is 107 Å². The first-order chi connectivity index (χ1) is 15.4. The van der Waals surface area contributed by atoms with E-state index in [9.17, 15) is 4.79 Å². The van der Waals surface area contributed by atoms with Gasteiger partial charge in [-0.25, -0.2) is 9.97 Å². The predicted molar refractivity (Wildman–Crippen MR) is 119 cm³/mol. The number of benzene rings is 1. The summed E-state index contributed by atoms with van der Waals surface area (Å²) in [7, 11) is 0. The van der Waals surface area contributed by atoms with Gasteiger partial charge in [0, 0.05) is 25.2 Å². The molecule has 2 aromatic heterocycles. The zero-order chi connectivity index (χ0) is 22.7. The molecule has 1 aliphatic rings. The van der Waals surface area contributed by atoms with Crippen LogP contribution in [0.15, 0.2) is 35.0 Å². The predicted octanol–water partition coefficient (Wildman–Crippen LogP) is 3.45. The molecule has 32 heavy (non-hydrogen) atoms. The highest BCUT2D eigenvalue weighted by molar-refractivity contribution is 5.93. The number of aromatic nitrogens is 3. The SMILES string of the molecule is Cc1nc([C@@H]2CCCN(Cc3ccc(OCc4c(C)noc4C)cc3)C2)ncc1C(N)=O. The van der Waals surface area contributed by atoms with Gasteiger partial charge in [-0.3, -0.25) is 9.69 Å². The molecule has 168 valence electrons. The first kappa shape index (κ1) is 22.0. The van der Waals surface area contributed by atoms with Crippen LogP contribution in [0.3, 0.4) is 0 Å². The van der Waals surface area contributed by atoms with Gasteiger partial charge >= 0.3 is 0 Å². The van der Waals surface area contributed by atoms with E-state index < -0.39 is 5.91 Å². The zero-order valence-corrected chi connectivity index (χ0v) is 18.8. The Kier molecular flexibility index (Phi) is 6.50. The number of likely N-dealkylation sites (tertiary alicyclic amines) is 1. The second kappa shape index (κ2) is 9.48. The standard InChI is InChI=1S/C24H29N5O3/c1-15-21(23(25)30)11-26-24(27-15)19-5-4-10-29(13-19)12-18-6-8-20(9-7-18)31-14-22-16(2)28-32-17(22)3/h6-9,11,19H,4-5,10,12-14H2,1-3H3,(H2,25,30)/t19-/m1/s1. The molecule has 1 amide bonds. The molecule has 4 rings (SSSR count). The Morgan fingerprint density at radius 1 is 1.22 bits per heavy atom. The number of carbonyl (C=O) groups is 1. The number of primary amides is 1. The number of nitrogens with zero attached hydrogens (tertiary/aromatic N) is 4. The maximum Gasteiger partial charge on any atom is 0.252 e. The lowest BCUT2D eigenvalue weighted by atomic mass is 9.96. The molecule has 0 aliphatic carbocycles. The van der Waals surface area contributed by atoms with Crippen LogP contribution in [-0.2, 0) is 13.2 Å². The second-order valence-electron chi connectivity index (χ2n) is 8.40. The quantitative estimate of drug-likeness (QED) is 0.606. The van der Waals surface area contributed by atoms with Gasteiger partial charge in [-0.15, -0.1) is 0 Å². The molecule has 0 unspecified atom stereocenters. The van der Waals surface area contributed by atoms with Crippen molar-refractivity contribution in [3.8, 4) is 5.75 Å². The molecule has 1 aliphatic heterocycles. The van der Waals surface area contributed by atoms with Crippen molar-refractivity contribution in [2.45, 2.75) is 52.7 Å². The maximum atomic E-state index is 11.4. The number of ether oxygens (including phenoxy) is 1. The second-order valence-corrected chi connectivity index (χ2v) is 8.40. The molecular weight excluding hydrogens is 406 g/mol. The normalized spacial score (nSPS) is 16.8. The summed E-state index contributed by atoms with van der Waals surface area (Å²) in [6.45, 7) is 8.86. The van der Waals surface area contributed by atoms with Crippen LogP contribution in [-0.4, -0.2) is 39.0 Å². The van der Waals surface area contributed by atoms with Crippen molar-refractivity contribution in [3.05, 3.63) is 70.1 Å². The summed E-state index contributed by atoms with van der Waals surface area (Å²) in [5, 5.41) is 3.96. The number of piperidine rings is 1. The highest BCUT2D eigenvalue weighted by Crippen LogP contribution is 2.26. The minimum Gasteiger partial charge on any atom is -0.489 e. The molecule has 1 saturated heterocycles. The molecule has 1 atom stereocenters. The van der Waals surface area contributed by atoms with Crippen molar-refractivity contribution in [2.24, 2.45) is 5.73 Å². The van der Waals surface area contributed by atoms with Crippen molar-refractivity contribution in [1.82, 2.24) is 20.0 Å². The lowest BCUT2D eigenvalue weighted by molar-refractivity contribution is 0.0998. The van der Waals surface area contributed by atoms with E-state index in [1.165, 1.54) is 5.56 Å². The molecule has 0 radical (unpaired) electrons. The molecule has 3 aromatic rings. The Morgan fingerprint density at radius 2 is 2.00 bits per heavy atom. The van der Waals surface area contributed by atoms with Gasteiger partial charge in [0.05, 0.1) is 22.5 Å². The fourth-order valence-electron chi connectivity index (χ4n) is 4.15.